The summed E-state index contributed by atoms with van der Waals surface area (Å²) in [5, 5.41) is 7.40. The number of hydrogen-bond acceptors (Lipinski definition) is 3. The normalized spacial score (nSPS) is 9.67. The SMILES string of the molecule is Cc1nnc(Cl)c(Cl)n1. The van der Waals surface area contributed by atoms with E-state index in [0.717, 1.165) is 0 Å². The van der Waals surface area contributed by atoms with Crippen LogP contribution in [0, 0.1) is 6.92 Å². The van der Waals surface area contributed by atoms with Gasteiger partial charge in [-0.1, -0.05) is 23.2 Å². The van der Waals surface area contributed by atoms with Crippen LogP contribution in [0.2, 0.25) is 10.3 Å². The zero-order chi connectivity index (χ0) is 6.85. The fourth-order valence-electron chi connectivity index (χ4n) is 0.368. The summed E-state index contributed by atoms with van der Waals surface area (Å²) in [5.74, 6) is 0.518. The maximum Gasteiger partial charge on any atom is 0.189 e. The van der Waals surface area contributed by atoms with Gasteiger partial charge in [0.15, 0.2) is 10.3 Å². The van der Waals surface area contributed by atoms with E-state index in [1.54, 1.807) is 6.92 Å². The van der Waals surface area contributed by atoms with E-state index < -0.39 is 0 Å². The Hall–Kier alpha value is -0.410. The van der Waals surface area contributed by atoms with Crippen LogP contribution in [0.15, 0.2) is 0 Å². The first-order valence-corrected chi connectivity index (χ1v) is 2.98. The van der Waals surface area contributed by atoms with E-state index in [1.165, 1.54) is 0 Å². The van der Waals surface area contributed by atoms with Gasteiger partial charge >= 0.3 is 0 Å². The first-order chi connectivity index (χ1) is 4.20. The molecule has 0 unspecified atom stereocenters. The maximum atomic E-state index is 5.47. The van der Waals surface area contributed by atoms with Gasteiger partial charge in [-0.25, -0.2) is 4.98 Å². The number of nitrogens with zero attached hydrogens (tertiary/aromatic N) is 3. The monoisotopic (exact) mass is 163 g/mol. The predicted octanol–water partition coefficient (Wildman–Crippen LogP) is 1.49. The van der Waals surface area contributed by atoms with Crippen LogP contribution < -0.4 is 0 Å². The van der Waals surface area contributed by atoms with Gasteiger partial charge < -0.3 is 0 Å². The number of aromatic nitrogens is 3. The van der Waals surface area contributed by atoms with Crippen molar-refractivity contribution in [1.82, 2.24) is 15.2 Å². The van der Waals surface area contributed by atoms with E-state index in [1.807, 2.05) is 0 Å². The summed E-state index contributed by atoms with van der Waals surface area (Å²) in [4.78, 5) is 3.73. The molecule has 0 amide bonds. The number of halogens is 2. The predicted molar refractivity (Wildman–Crippen MR) is 34.6 cm³/mol. The highest BCUT2D eigenvalue weighted by Gasteiger charge is 1.98. The molecule has 0 atom stereocenters. The lowest BCUT2D eigenvalue weighted by Gasteiger charge is -1.90. The summed E-state index contributed by atoms with van der Waals surface area (Å²) in [7, 11) is 0. The number of aryl methyl sites for hydroxylation is 1. The quantitative estimate of drug-likeness (QED) is 0.582. The van der Waals surface area contributed by atoms with Crippen LogP contribution in [0.25, 0.3) is 0 Å². The smallest absolute Gasteiger partial charge is 0.189 e. The van der Waals surface area contributed by atoms with Crippen molar-refractivity contribution in [2.75, 3.05) is 0 Å². The second kappa shape index (κ2) is 2.45. The molecule has 1 aromatic rings. The molecule has 0 fully saturated rings. The molecule has 0 aliphatic heterocycles. The van der Waals surface area contributed by atoms with E-state index in [0.29, 0.717) is 5.82 Å². The van der Waals surface area contributed by atoms with Crippen LogP contribution in [0.1, 0.15) is 5.82 Å². The molecule has 48 valence electrons. The Labute approximate surface area is 62.0 Å². The van der Waals surface area contributed by atoms with Crippen molar-refractivity contribution in [1.29, 1.82) is 0 Å². The summed E-state index contributed by atoms with van der Waals surface area (Å²) in [6.07, 6.45) is 0. The largest absolute Gasteiger partial charge is 0.216 e. The van der Waals surface area contributed by atoms with Crippen molar-refractivity contribution in [3.63, 3.8) is 0 Å². The Morgan fingerprint density at radius 1 is 1.11 bits per heavy atom. The van der Waals surface area contributed by atoms with Gasteiger partial charge in [-0.3, -0.25) is 0 Å². The fourth-order valence-corrected chi connectivity index (χ4v) is 0.608. The Balaban J connectivity index is 3.17. The molecule has 0 aromatic carbocycles. The van der Waals surface area contributed by atoms with Gasteiger partial charge in [0.2, 0.25) is 0 Å². The maximum absolute atomic E-state index is 5.47. The Morgan fingerprint density at radius 3 is 2.22 bits per heavy atom. The molecule has 0 spiro atoms. The highest BCUT2D eigenvalue weighted by atomic mass is 35.5. The molecular formula is C4H3Cl2N3. The minimum absolute atomic E-state index is 0.141. The molecule has 5 heteroatoms. The third-order valence-corrected chi connectivity index (χ3v) is 1.33. The van der Waals surface area contributed by atoms with Crippen molar-refractivity contribution >= 4 is 23.2 Å². The second-order valence-electron chi connectivity index (χ2n) is 1.44. The lowest BCUT2D eigenvalue weighted by atomic mass is 10.7. The molecule has 1 aromatic heterocycles. The number of rotatable bonds is 0. The van der Waals surface area contributed by atoms with Gasteiger partial charge in [-0.15, -0.1) is 10.2 Å². The Morgan fingerprint density at radius 2 is 1.78 bits per heavy atom. The third kappa shape index (κ3) is 1.50. The van der Waals surface area contributed by atoms with E-state index in [-0.39, 0.29) is 10.3 Å². The molecule has 1 heterocycles. The first kappa shape index (κ1) is 6.71. The molecule has 0 saturated carbocycles. The Kier molecular flexibility index (Phi) is 1.83. The van der Waals surface area contributed by atoms with Gasteiger partial charge in [0.1, 0.15) is 5.82 Å². The summed E-state index contributed by atoms with van der Waals surface area (Å²) in [5.41, 5.74) is 0. The lowest BCUT2D eigenvalue weighted by Crippen LogP contribution is -1.91. The van der Waals surface area contributed by atoms with E-state index >= 15 is 0 Å². The van der Waals surface area contributed by atoms with Gasteiger partial charge in [-0.05, 0) is 6.92 Å². The van der Waals surface area contributed by atoms with Crippen LogP contribution >= 0.6 is 23.2 Å². The molecule has 0 aliphatic carbocycles. The molecule has 0 bridgehead atoms. The average Bonchev–Trinajstić information content (AvgIpc) is 1.80. The molecule has 0 aliphatic rings. The zero-order valence-corrected chi connectivity index (χ0v) is 6.11. The van der Waals surface area contributed by atoms with Crippen molar-refractivity contribution < 1.29 is 0 Å². The molecular weight excluding hydrogens is 161 g/mol. The summed E-state index contributed by atoms with van der Waals surface area (Å²) < 4.78 is 0. The van der Waals surface area contributed by atoms with Gasteiger partial charge in [0, 0.05) is 0 Å². The molecule has 9 heavy (non-hydrogen) atoms. The van der Waals surface area contributed by atoms with E-state index in [4.69, 9.17) is 23.2 Å². The topological polar surface area (TPSA) is 38.7 Å². The minimum Gasteiger partial charge on any atom is -0.216 e. The molecule has 0 radical (unpaired) electrons. The average molecular weight is 164 g/mol. The first-order valence-electron chi connectivity index (χ1n) is 2.22. The summed E-state index contributed by atoms with van der Waals surface area (Å²) in [6, 6.07) is 0. The van der Waals surface area contributed by atoms with Crippen molar-refractivity contribution in [2.24, 2.45) is 0 Å². The van der Waals surface area contributed by atoms with E-state index in [9.17, 15) is 0 Å². The van der Waals surface area contributed by atoms with Crippen LogP contribution in [-0.2, 0) is 0 Å². The lowest BCUT2D eigenvalue weighted by molar-refractivity contribution is 0.908. The molecule has 3 nitrogen and oxygen atoms in total. The fraction of sp³-hybridized carbons (Fsp3) is 0.250. The van der Waals surface area contributed by atoms with Gasteiger partial charge in [-0.2, -0.15) is 0 Å². The van der Waals surface area contributed by atoms with Crippen LogP contribution in [0.3, 0.4) is 0 Å². The van der Waals surface area contributed by atoms with Gasteiger partial charge in [0.25, 0.3) is 0 Å². The second-order valence-corrected chi connectivity index (χ2v) is 2.16. The Bertz CT molecular complexity index is 225. The van der Waals surface area contributed by atoms with Crippen LogP contribution in [0.5, 0.6) is 0 Å². The minimum atomic E-state index is 0.141. The standard InChI is InChI=1S/C4H3Cl2N3/c1-2-7-3(5)4(6)9-8-2/h1H3. The molecule has 1 rings (SSSR count). The van der Waals surface area contributed by atoms with Crippen LogP contribution in [0.4, 0.5) is 0 Å². The van der Waals surface area contributed by atoms with Crippen molar-refractivity contribution in [2.45, 2.75) is 6.92 Å². The molecule has 0 saturated heterocycles. The summed E-state index contributed by atoms with van der Waals surface area (Å²) >= 11 is 10.9. The molecule has 0 N–H and O–H groups in total. The third-order valence-electron chi connectivity index (χ3n) is 0.713. The van der Waals surface area contributed by atoms with Crippen molar-refractivity contribution in [3.05, 3.63) is 16.1 Å². The van der Waals surface area contributed by atoms with Gasteiger partial charge in [0.05, 0.1) is 0 Å². The summed E-state index contributed by atoms with van der Waals surface area (Å²) in [6.45, 7) is 1.69. The van der Waals surface area contributed by atoms with Crippen molar-refractivity contribution in [3.8, 4) is 0 Å². The van der Waals surface area contributed by atoms with Crippen LogP contribution in [-0.4, -0.2) is 15.2 Å². The number of hydrogen-bond donors (Lipinski definition) is 0. The zero-order valence-electron chi connectivity index (χ0n) is 4.60. The highest BCUT2D eigenvalue weighted by Crippen LogP contribution is 2.13. The van der Waals surface area contributed by atoms with E-state index in [2.05, 4.69) is 15.2 Å². The highest BCUT2D eigenvalue weighted by molar-refractivity contribution is 6.40.